The van der Waals surface area contributed by atoms with Crippen LogP contribution in [0.5, 0.6) is 5.75 Å². The highest BCUT2D eigenvalue weighted by Crippen LogP contribution is 2.42. The molecule has 3 heterocycles. The van der Waals surface area contributed by atoms with Gasteiger partial charge in [-0.1, -0.05) is 51.1 Å². The van der Waals surface area contributed by atoms with Gasteiger partial charge in [0.25, 0.3) is 5.91 Å². The second-order valence-corrected chi connectivity index (χ2v) is 19.8. The molecule has 0 aliphatic carbocycles. The Morgan fingerprint density at radius 3 is 2.24 bits per heavy atom. The van der Waals surface area contributed by atoms with Crippen LogP contribution in [-0.2, 0) is 46.1 Å². The Kier molecular flexibility index (Phi) is 18.0. The topological polar surface area (TPSA) is 176 Å². The maximum Gasteiger partial charge on any atom is 0.407 e. The van der Waals surface area contributed by atoms with E-state index in [4.69, 9.17) is 37.7 Å². The van der Waals surface area contributed by atoms with E-state index in [0.29, 0.717) is 37.7 Å². The van der Waals surface area contributed by atoms with E-state index in [1.165, 1.54) is 11.0 Å². The molecule has 4 amide bonds. The maximum atomic E-state index is 13.9. The van der Waals surface area contributed by atoms with Crippen molar-refractivity contribution in [2.75, 3.05) is 62.6 Å². The summed E-state index contributed by atoms with van der Waals surface area (Å²) in [6.07, 6.45) is -5.12. The Hall–Kier alpha value is -6.02. The number of amides is 4. The standard InChI is InChI=1S/C50H58F3N7O9S2/c1-31-42(71-30-56-31)33-11-9-32(10-12-33)27-55-44(63)40-26-36(61)28-58(40)45(64)43(48(2,3)4)57-41(62)29-68-20-8-19-66-21-22-67-23-24-69-37-16-13-34(14-17-37)60-47(70)59(46(65)49(60,5)6)35-15-18-39(54-7)38(25-35)50(51,52)53/h9-18,25,30,36,40,43,61H,8,19-24,26-29H2,1-6H3,(H,55,63)(H,57,62)/t36-,40+,43-/m1/s1. The predicted octanol–water partition coefficient (Wildman–Crippen LogP) is 7.23. The first-order valence-corrected chi connectivity index (χ1v) is 24.2. The van der Waals surface area contributed by atoms with Gasteiger partial charge in [-0.25, -0.2) is 9.83 Å². The Morgan fingerprint density at radius 1 is 0.958 bits per heavy atom. The van der Waals surface area contributed by atoms with E-state index in [9.17, 15) is 37.5 Å². The molecule has 0 radical (unpaired) electrons. The van der Waals surface area contributed by atoms with Crippen molar-refractivity contribution in [3.8, 4) is 16.2 Å². The lowest BCUT2D eigenvalue weighted by molar-refractivity contribution is -0.144. The number of aryl methyl sites for hydroxylation is 1. The number of carbonyl (C=O) groups is 4. The summed E-state index contributed by atoms with van der Waals surface area (Å²) in [5.41, 5.74) is 1.40. The molecule has 6 rings (SSSR count). The average molecular weight is 1020 g/mol. The van der Waals surface area contributed by atoms with Crippen molar-refractivity contribution in [3.05, 3.63) is 100 Å². The highest BCUT2D eigenvalue weighted by molar-refractivity contribution is 7.81. The third kappa shape index (κ3) is 13.5. The quantitative estimate of drug-likeness (QED) is 0.0435. The van der Waals surface area contributed by atoms with E-state index in [1.807, 2.05) is 52.0 Å². The van der Waals surface area contributed by atoms with Crippen LogP contribution in [-0.4, -0.2) is 120 Å². The molecule has 380 valence electrons. The molecule has 0 saturated carbocycles. The second kappa shape index (κ2) is 23.5. The van der Waals surface area contributed by atoms with Crippen LogP contribution < -0.4 is 25.2 Å². The summed E-state index contributed by atoms with van der Waals surface area (Å²) in [7, 11) is 0. The lowest BCUT2D eigenvalue weighted by Crippen LogP contribution is -2.58. The first-order chi connectivity index (χ1) is 33.6. The number of hydrogen-bond donors (Lipinski definition) is 3. The molecule has 3 atom stereocenters. The molecule has 2 aliphatic rings. The fraction of sp³-hybridized carbons (Fsp3) is 0.460. The Morgan fingerprint density at radius 2 is 1.61 bits per heavy atom. The van der Waals surface area contributed by atoms with Gasteiger partial charge in [0.1, 0.15) is 36.6 Å². The molecule has 3 N–H and O–H groups in total. The molecular formula is C50H58F3N7O9S2. The van der Waals surface area contributed by atoms with Crippen molar-refractivity contribution in [1.29, 1.82) is 0 Å². The molecular weight excluding hydrogens is 964 g/mol. The smallest absolute Gasteiger partial charge is 0.407 e. The number of β-amino-alcohol motifs (C(OH)–C–C–N with tert-alkyl or cyclic N) is 1. The SMILES string of the molecule is [C-]#[N+]c1ccc(N2C(=O)C(C)(C)N(c3ccc(OCCOCCOCCCOCC(=O)N[C@H](C(=O)N4C[C@H](O)C[C@H]4C(=O)NCc4ccc(-c5scnc5C)cc4)C(C)(C)C)cc3)C2=S)cc1C(F)(F)F. The van der Waals surface area contributed by atoms with Crippen LogP contribution in [0.25, 0.3) is 15.3 Å². The maximum absolute atomic E-state index is 13.9. The largest absolute Gasteiger partial charge is 0.491 e. The van der Waals surface area contributed by atoms with Crippen molar-refractivity contribution in [3.63, 3.8) is 0 Å². The molecule has 0 bridgehead atoms. The van der Waals surface area contributed by atoms with E-state index < -0.39 is 70.2 Å². The van der Waals surface area contributed by atoms with Gasteiger partial charge >= 0.3 is 6.18 Å². The number of thiazole rings is 1. The van der Waals surface area contributed by atoms with E-state index in [2.05, 4.69) is 20.5 Å². The molecule has 0 unspecified atom stereocenters. The minimum Gasteiger partial charge on any atom is -0.491 e. The Bertz CT molecular complexity index is 2580. The zero-order chi connectivity index (χ0) is 51.7. The molecule has 4 aromatic rings. The number of nitrogens with zero attached hydrogens (tertiary/aromatic N) is 5. The molecule has 21 heteroatoms. The number of alkyl halides is 3. The minimum absolute atomic E-state index is 0.0140. The zero-order valence-electron chi connectivity index (χ0n) is 40.3. The van der Waals surface area contributed by atoms with Gasteiger partial charge in [-0.3, -0.25) is 24.1 Å². The van der Waals surface area contributed by atoms with Crippen LogP contribution in [0, 0.1) is 18.9 Å². The summed E-state index contributed by atoms with van der Waals surface area (Å²) in [5, 5.41) is 16.2. The van der Waals surface area contributed by atoms with Crippen LogP contribution in [0.3, 0.4) is 0 Å². The number of likely N-dealkylation sites (tertiary alicyclic amines) is 1. The van der Waals surface area contributed by atoms with E-state index in [0.717, 1.165) is 38.7 Å². The summed E-state index contributed by atoms with van der Waals surface area (Å²) in [5.74, 6) is -1.38. The molecule has 2 aliphatic heterocycles. The van der Waals surface area contributed by atoms with Crippen molar-refractivity contribution >= 4 is 69.4 Å². The first kappa shape index (κ1) is 54.3. The van der Waals surface area contributed by atoms with E-state index >= 15 is 0 Å². The number of thiocarbonyl (C=S) groups is 1. The van der Waals surface area contributed by atoms with Gasteiger partial charge in [0.2, 0.25) is 17.7 Å². The Labute approximate surface area is 420 Å². The summed E-state index contributed by atoms with van der Waals surface area (Å²) in [6, 6.07) is 15.7. The monoisotopic (exact) mass is 1020 g/mol. The van der Waals surface area contributed by atoms with Crippen LogP contribution in [0.2, 0.25) is 0 Å². The molecule has 1 aromatic heterocycles. The fourth-order valence-corrected chi connectivity index (χ4v) is 9.42. The molecule has 2 saturated heterocycles. The lowest BCUT2D eigenvalue weighted by atomic mass is 9.85. The summed E-state index contributed by atoms with van der Waals surface area (Å²) >= 11 is 7.17. The first-order valence-electron chi connectivity index (χ1n) is 22.9. The van der Waals surface area contributed by atoms with Crippen molar-refractivity contribution in [1.82, 2.24) is 20.5 Å². The number of ether oxygens (including phenoxy) is 4. The molecule has 71 heavy (non-hydrogen) atoms. The third-order valence-electron chi connectivity index (χ3n) is 11.8. The van der Waals surface area contributed by atoms with E-state index in [-0.39, 0.29) is 56.7 Å². The lowest BCUT2D eigenvalue weighted by Gasteiger charge is -2.35. The van der Waals surface area contributed by atoms with Crippen LogP contribution >= 0.6 is 23.6 Å². The summed E-state index contributed by atoms with van der Waals surface area (Å²) < 4.78 is 63.7. The average Bonchev–Trinajstić information content (AvgIpc) is 3.99. The number of anilines is 2. The van der Waals surface area contributed by atoms with Crippen LogP contribution in [0.15, 0.2) is 72.2 Å². The van der Waals surface area contributed by atoms with Gasteiger partial charge in [-0.2, -0.15) is 13.2 Å². The number of aromatic nitrogens is 1. The molecule has 3 aromatic carbocycles. The fourth-order valence-electron chi connectivity index (χ4n) is 8.09. The minimum atomic E-state index is -4.80. The van der Waals surface area contributed by atoms with Gasteiger partial charge in [0, 0.05) is 44.1 Å². The number of carbonyl (C=O) groups excluding carboxylic acids is 4. The van der Waals surface area contributed by atoms with Gasteiger partial charge in [-0.05, 0) is 92.4 Å². The predicted molar refractivity (Wildman–Crippen MR) is 265 cm³/mol. The molecule has 2 fully saturated rings. The molecule has 16 nitrogen and oxygen atoms in total. The highest BCUT2D eigenvalue weighted by Gasteiger charge is 2.51. The van der Waals surface area contributed by atoms with E-state index in [1.54, 1.807) is 59.9 Å². The van der Waals surface area contributed by atoms with Crippen molar-refractivity contribution in [2.24, 2.45) is 5.41 Å². The number of rotatable bonds is 21. The number of benzene rings is 3. The highest BCUT2D eigenvalue weighted by atomic mass is 32.1. The van der Waals surface area contributed by atoms with Gasteiger partial charge < -0.3 is 44.5 Å². The summed E-state index contributed by atoms with van der Waals surface area (Å²) in [4.78, 5) is 66.1. The normalized spacial score (nSPS) is 17.3. The van der Waals surface area contributed by atoms with Gasteiger partial charge in [0.15, 0.2) is 10.8 Å². The number of hydrogen-bond acceptors (Lipinski definition) is 12. The molecule has 0 spiro atoms. The van der Waals surface area contributed by atoms with Gasteiger partial charge in [-0.15, -0.1) is 11.3 Å². The Balaban J connectivity index is 0.851. The van der Waals surface area contributed by atoms with Crippen molar-refractivity contribution < 1.29 is 56.4 Å². The number of halogens is 3. The third-order valence-corrected chi connectivity index (χ3v) is 13.2. The number of aliphatic hydroxyl groups excluding tert-OH is 1. The van der Waals surface area contributed by atoms with Crippen molar-refractivity contribution in [2.45, 2.75) is 90.8 Å². The zero-order valence-corrected chi connectivity index (χ0v) is 42.0. The second-order valence-electron chi connectivity index (χ2n) is 18.5. The number of aliphatic hydroxyl groups is 1. The van der Waals surface area contributed by atoms with Gasteiger partial charge in [0.05, 0.1) is 54.1 Å². The summed E-state index contributed by atoms with van der Waals surface area (Å²) in [6.45, 7) is 19.3. The number of nitrogens with one attached hydrogen (secondary N) is 2. The van der Waals surface area contributed by atoms with Crippen LogP contribution in [0.1, 0.15) is 64.3 Å². The van der Waals surface area contributed by atoms with Crippen LogP contribution in [0.4, 0.5) is 30.2 Å².